The van der Waals surface area contributed by atoms with Crippen LogP contribution in [0.4, 0.5) is 0 Å². The fourth-order valence-corrected chi connectivity index (χ4v) is 1.04. The lowest BCUT2D eigenvalue weighted by Crippen LogP contribution is -2.40. The van der Waals surface area contributed by atoms with Crippen molar-refractivity contribution in [3.05, 3.63) is 0 Å². The zero-order valence-corrected chi connectivity index (χ0v) is 7.16. The summed E-state index contributed by atoms with van der Waals surface area (Å²) < 4.78 is 4.94. The molecule has 0 aromatic heterocycles. The predicted octanol–water partition coefficient (Wildman–Crippen LogP) is -0.460. The molecular weight excluding hydrogens is 145 g/mol. The van der Waals surface area contributed by atoms with E-state index in [-0.39, 0.29) is 6.04 Å². The normalized spacial score (nSPS) is 23.6. The van der Waals surface area contributed by atoms with Crippen LogP contribution in [-0.2, 0) is 14.4 Å². The first-order valence-electron chi connectivity index (χ1n) is 3.78. The Labute approximate surface area is 67.4 Å². The van der Waals surface area contributed by atoms with Crippen molar-refractivity contribution in [2.75, 3.05) is 0 Å². The molecule has 0 bridgehead atoms. The Bertz CT molecular complexity index is 138. The highest BCUT2D eigenvalue weighted by Crippen LogP contribution is 2.34. The minimum Gasteiger partial charge on any atom is -0.392 e. The molecule has 4 nitrogen and oxygen atoms in total. The van der Waals surface area contributed by atoms with Gasteiger partial charge in [0, 0.05) is 0 Å². The first-order valence-corrected chi connectivity index (χ1v) is 3.78. The lowest BCUT2D eigenvalue weighted by atomic mass is 10.0. The number of hydrogen-bond donors (Lipinski definition) is 1. The van der Waals surface area contributed by atoms with Gasteiger partial charge in [0.25, 0.3) is 8.05 Å². The van der Waals surface area contributed by atoms with E-state index < -0.39 is 5.97 Å². The minimum absolute atomic E-state index is 0.201. The Balaban J connectivity index is 2.34. The molecule has 11 heavy (non-hydrogen) atoms. The molecule has 5 heteroatoms. The second-order valence-electron chi connectivity index (χ2n) is 3.21. The average molecular weight is 159 g/mol. The Morgan fingerprint density at radius 1 is 1.55 bits per heavy atom. The summed E-state index contributed by atoms with van der Waals surface area (Å²) in [6.07, 6.45) is 0.827. The van der Waals surface area contributed by atoms with Crippen molar-refractivity contribution in [3.8, 4) is 0 Å². The molecule has 2 N–H and O–H groups in total. The quantitative estimate of drug-likeness (QED) is 0.342. The second kappa shape index (κ2) is 3.10. The number of hydrogen-bond acceptors (Lipinski definition) is 4. The lowest BCUT2D eigenvalue weighted by molar-refractivity contribution is 0.0333. The maximum atomic E-state index is 5.75. The fraction of sp³-hybridized carbons (Fsp3) is 1.00. The van der Waals surface area contributed by atoms with Crippen molar-refractivity contribution in [2.45, 2.75) is 32.3 Å². The molecule has 0 aliphatic carbocycles. The van der Waals surface area contributed by atoms with Crippen LogP contribution >= 0.6 is 0 Å². The van der Waals surface area contributed by atoms with E-state index in [9.17, 15) is 0 Å². The molecule has 64 valence electrons. The molecule has 1 aliphatic rings. The van der Waals surface area contributed by atoms with E-state index >= 15 is 0 Å². The third kappa shape index (κ3) is 1.93. The van der Waals surface area contributed by atoms with Gasteiger partial charge >= 0.3 is 5.97 Å². The number of nitrogens with two attached hydrogens (primary N) is 1. The monoisotopic (exact) mass is 159 g/mol. The molecule has 0 amide bonds. The van der Waals surface area contributed by atoms with Crippen molar-refractivity contribution in [3.63, 3.8) is 0 Å². The molecule has 0 radical (unpaired) electrons. The number of rotatable bonds is 4. The first-order chi connectivity index (χ1) is 5.10. The molecule has 1 aliphatic heterocycles. The van der Waals surface area contributed by atoms with Crippen LogP contribution in [0.2, 0.25) is 0 Å². The second-order valence-corrected chi connectivity index (χ2v) is 3.21. The molecular formula is C6H14BNO3. The van der Waals surface area contributed by atoms with Crippen molar-refractivity contribution in [2.24, 2.45) is 11.7 Å². The van der Waals surface area contributed by atoms with Crippen LogP contribution in [0.5, 0.6) is 0 Å². The summed E-state index contributed by atoms with van der Waals surface area (Å²) in [5, 5.41) is 0. The maximum absolute atomic E-state index is 5.75. The molecule has 1 atom stereocenters. The Kier molecular flexibility index (Phi) is 2.54. The summed E-state index contributed by atoms with van der Waals surface area (Å²) in [6.45, 7) is 4.18. The van der Waals surface area contributed by atoms with Crippen LogP contribution in [0.25, 0.3) is 0 Å². The van der Waals surface area contributed by atoms with Gasteiger partial charge in [-0.05, 0) is 12.3 Å². The third-order valence-corrected chi connectivity index (χ3v) is 1.71. The van der Waals surface area contributed by atoms with Gasteiger partial charge in [0.2, 0.25) is 0 Å². The highest BCUT2D eigenvalue weighted by atomic mass is 17.4. The summed E-state index contributed by atoms with van der Waals surface area (Å²) in [5.74, 6) is -0.422. The van der Waals surface area contributed by atoms with Gasteiger partial charge in [-0.15, -0.1) is 0 Å². The molecule has 1 rings (SSSR count). The molecule has 1 fully saturated rings. The Morgan fingerprint density at radius 2 is 2.09 bits per heavy atom. The highest BCUT2D eigenvalue weighted by Gasteiger charge is 2.54. The Morgan fingerprint density at radius 3 is 2.36 bits per heavy atom. The van der Waals surface area contributed by atoms with E-state index in [0.29, 0.717) is 5.92 Å². The molecule has 0 spiro atoms. The van der Waals surface area contributed by atoms with Crippen LogP contribution in [0, 0.1) is 5.92 Å². The maximum Gasteiger partial charge on any atom is 0.341 e. The molecule has 0 saturated carbocycles. The van der Waals surface area contributed by atoms with Crippen molar-refractivity contribution >= 4 is 8.05 Å². The third-order valence-electron chi connectivity index (χ3n) is 1.71. The lowest BCUT2D eigenvalue weighted by Gasteiger charge is -2.16. The van der Waals surface area contributed by atoms with Crippen molar-refractivity contribution < 1.29 is 14.4 Å². The molecule has 0 aromatic carbocycles. The molecule has 0 unspecified atom stereocenters. The van der Waals surface area contributed by atoms with Crippen LogP contribution in [0.1, 0.15) is 20.3 Å². The van der Waals surface area contributed by atoms with Gasteiger partial charge in [-0.1, -0.05) is 13.8 Å². The van der Waals surface area contributed by atoms with Gasteiger partial charge in [-0.3, -0.25) is 0 Å². The predicted molar refractivity (Wildman–Crippen MR) is 42.0 cm³/mol. The van der Waals surface area contributed by atoms with E-state index in [1.54, 1.807) is 0 Å². The zero-order chi connectivity index (χ0) is 8.48. The topological polar surface area (TPSA) is 60.3 Å². The zero-order valence-electron chi connectivity index (χ0n) is 7.16. The Hall–Kier alpha value is -0.0951. The SMILES string of the molecule is BOC1([C@@H](N)CC(C)C)OO1. The fourth-order valence-electron chi connectivity index (χ4n) is 1.04. The van der Waals surface area contributed by atoms with Crippen molar-refractivity contribution in [1.29, 1.82) is 0 Å². The summed E-state index contributed by atoms with van der Waals surface area (Å²) in [4.78, 5) is 9.32. The summed E-state index contributed by atoms with van der Waals surface area (Å²) in [6, 6.07) is -0.201. The van der Waals surface area contributed by atoms with Gasteiger partial charge in [-0.2, -0.15) is 9.78 Å². The molecule has 0 aromatic rings. The van der Waals surface area contributed by atoms with Crippen LogP contribution < -0.4 is 5.73 Å². The van der Waals surface area contributed by atoms with Crippen LogP contribution in [-0.4, -0.2) is 20.1 Å². The summed E-state index contributed by atoms with van der Waals surface area (Å²) in [5.41, 5.74) is 5.75. The van der Waals surface area contributed by atoms with Gasteiger partial charge in [-0.25, -0.2) is 0 Å². The minimum atomic E-state index is -0.940. The van der Waals surface area contributed by atoms with Gasteiger partial charge in [0.05, 0.1) is 6.04 Å². The first kappa shape index (κ1) is 9.00. The smallest absolute Gasteiger partial charge is 0.341 e. The van der Waals surface area contributed by atoms with Gasteiger partial charge < -0.3 is 10.4 Å². The highest BCUT2D eigenvalue weighted by molar-refractivity contribution is 5.98. The van der Waals surface area contributed by atoms with Crippen LogP contribution in [0.15, 0.2) is 0 Å². The van der Waals surface area contributed by atoms with E-state index in [1.165, 1.54) is 8.05 Å². The average Bonchev–Trinajstić information content (AvgIpc) is 2.65. The van der Waals surface area contributed by atoms with Crippen molar-refractivity contribution in [1.82, 2.24) is 0 Å². The largest absolute Gasteiger partial charge is 0.392 e. The summed E-state index contributed by atoms with van der Waals surface area (Å²) >= 11 is 0. The van der Waals surface area contributed by atoms with Crippen LogP contribution in [0.3, 0.4) is 0 Å². The van der Waals surface area contributed by atoms with E-state index in [2.05, 4.69) is 23.6 Å². The van der Waals surface area contributed by atoms with Gasteiger partial charge in [0.15, 0.2) is 0 Å². The molecule has 1 saturated heterocycles. The van der Waals surface area contributed by atoms with E-state index in [4.69, 9.17) is 10.4 Å². The summed E-state index contributed by atoms with van der Waals surface area (Å²) in [7, 11) is 1.52. The van der Waals surface area contributed by atoms with Gasteiger partial charge in [0.1, 0.15) is 0 Å². The standard InChI is InChI=1S/C6H14BNO3/c1-4(2)3-5(8)6(9-7)10-11-6/h4-5H,3,7-8H2,1-2H3/t5-/m0/s1. The van der Waals surface area contributed by atoms with E-state index in [1.807, 2.05) is 0 Å². The molecule has 1 heterocycles. The van der Waals surface area contributed by atoms with E-state index in [0.717, 1.165) is 6.42 Å².